The quantitative estimate of drug-likeness (QED) is 0.558. The van der Waals surface area contributed by atoms with Crippen LogP contribution in [0.3, 0.4) is 0 Å². The molecular formula is C17H24N2O5. The van der Waals surface area contributed by atoms with Gasteiger partial charge in [-0.1, -0.05) is 31.0 Å². The van der Waals surface area contributed by atoms with Gasteiger partial charge in [0.1, 0.15) is 5.75 Å². The fourth-order valence-corrected chi connectivity index (χ4v) is 1.87. The van der Waals surface area contributed by atoms with Crippen LogP contribution in [-0.4, -0.2) is 37.7 Å². The molecule has 0 radical (unpaired) electrons. The second-order valence-electron chi connectivity index (χ2n) is 5.38. The largest absolute Gasteiger partial charge is 0.482 e. The number of carbonyl (C=O) groups excluding carboxylic acids is 3. The van der Waals surface area contributed by atoms with Crippen LogP contribution in [0.1, 0.15) is 30.9 Å². The Balaban J connectivity index is 2.25. The number of carbonyl (C=O) groups is 3. The molecule has 0 spiro atoms. The Kier molecular flexibility index (Phi) is 8.32. The molecular weight excluding hydrogens is 312 g/mol. The molecule has 1 rings (SSSR count). The summed E-state index contributed by atoms with van der Waals surface area (Å²) in [5, 5.41) is 4.60. The fourth-order valence-electron chi connectivity index (χ4n) is 1.87. The third kappa shape index (κ3) is 7.62. The van der Waals surface area contributed by atoms with Crippen LogP contribution in [0.4, 0.5) is 4.79 Å². The monoisotopic (exact) mass is 336 g/mol. The summed E-state index contributed by atoms with van der Waals surface area (Å²) in [6.45, 7) is 5.47. The molecule has 0 heterocycles. The Morgan fingerprint density at radius 3 is 2.54 bits per heavy atom. The van der Waals surface area contributed by atoms with Gasteiger partial charge in [0.2, 0.25) is 0 Å². The zero-order valence-electron chi connectivity index (χ0n) is 14.3. The summed E-state index contributed by atoms with van der Waals surface area (Å²) in [5.41, 5.74) is 2.00. The first kappa shape index (κ1) is 19.5. The molecule has 1 aromatic rings. The van der Waals surface area contributed by atoms with Crippen molar-refractivity contribution in [3.63, 3.8) is 0 Å². The molecule has 0 saturated carbocycles. The van der Waals surface area contributed by atoms with Gasteiger partial charge in [-0.3, -0.25) is 10.1 Å². The molecule has 1 aromatic carbocycles. The Bertz CT molecular complexity index is 586. The lowest BCUT2D eigenvalue weighted by Crippen LogP contribution is -2.41. The predicted molar refractivity (Wildman–Crippen MR) is 88.8 cm³/mol. The van der Waals surface area contributed by atoms with Crippen LogP contribution in [0.15, 0.2) is 18.2 Å². The number of benzene rings is 1. The number of rotatable bonds is 8. The van der Waals surface area contributed by atoms with E-state index in [0.717, 1.165) is 24.0 Å². The second-order valence-corrected chi connectivity index (χ2v) is 5.38. The predicted octanol–water partition coefficient (Wildman–Crippen LogP) is 1.85. The molecule has 0 aliphatic heterocycles. The van der Waals surface area contributed by atoms with E-state index in [4.69, 9.17) is 9.47 Å². The van der Waals surface area contributed by atoms with Gasteiger partial charge in [0.15, 0.2) is 13.2 Å². The summed E-state index contributed by atoms with van der Waals surface area (Å²) in [5.74, 6) is -0.794. The van der Waals surface area contributed by atoms with Gasteiger partial charge in [-0.05, 0) is 31.9 Å². The molecule has 2 N–H and O–H groups in total. The van der Waals surface area contributed by atoms with Crippen molar-refractivity contribution in [3.05, 3.63) is 29.3 Å². The molecule has 0 aliphatic carbocycles. The summed E-state index contributed by atoms with van der Waals surface area (Å²) in [6.07, 6.45) is 1.76. The minimum atomic E-state index is -0.691. The molecule has 0 atom stereocenters. The molecule has 0 bridgehead atoms. The molecule has 0 unspecified atom stereocenters. The van der Waals surface area contributed by atoms with E-state index in [0.29, 0.717) is 12.3 Å². The van der Waals surface area contributed by atoms with Crippen LogP contribution in [0.25, 0.3) is 0 Å². The number of amides is 3. The van der Waals surface area contributed by atoms with Gasteiger partial charge in [0.05, 0.1) is 0 Å². The van der Waals surface area contributed by atoms with E-state index in [1.807, 2.05) is 32.9 Å². The van der Waals surface area contributed by atoms with E-state index < -0.39 is 24.5 Å². The number of hydrogen-bond acceptors (Lipinski definition) is 5. The first-order valence-electron chi connectivity index (χ1n) is 7.85. The maximum Gasteiger partial charge on any atom is 0.344 e. The summed E-state index contributed by atoms with van der Waals surface area (Å²) in [7, 11) is 0. The second kappa shape index (κ2) is 10.3. The third-order valence-corrected chi connectivity index (χ3v) is 3.11. The summed E-state index contributed by atoms with van der Waals surface area (Å²) in [4.78, 5) is 34.4. The molecule has 7 nitrogen and oxygen atoms in total. The molecule has 24 heavy (non-hydrogen) atoms. The summed E-state index contributed by atoms with van der Waals surface area (Å²) < 4.78 is 10.1. The van der Waals surface area contributed by atoms with Gasteiger partial charge in [-0.2, -0.15) is 0 Å². The lowest BCUT2D eigenvalue weighted by atomic mass is 10.1. The number of aryl methyl sites for hydroxylation is 2. The molecule has 3 amide bonds. The van der Waals surface area contributed by atoms with Crippen LogP contribution in [0.5, 0.6) is 5.75 Å². The molecule has 0 saturated heterocycles. The molecule has 7 heteroatoms. The van der Waals surface area contributed by atoms with Crippen molar-refractivity contribution in [2.45, 2.75) is 33.6 Å². The zero-order valence-corrected chi connectivity index (χ0v) is 14.3. The summed E-state index contributed by atoms with van der Waals surface area (Å²) in [6, 6.07) is 4.98. The number of hydrogen-bond donors (Lipinski definition) is 2. The topological polar surface area (TPSA) is 93.7 Å². The Labute approximate surface area is 141 Å². The van der Waals surface area contributed by atoms with Crippen molar-refractivity contribution in [2.75, 3.05) is 19.8 Å². The van der Waals surface area contributed by atoms with Crippen molar-refractivity contribution < 1.29 is 23.9 Å². The van der Waals surface area contributed by atoms with E-state index in [1.54, 1.807) is 6.07 Å². The maximum atomic E-state index is 11.6. The minimum absolute atomic E-state index is 0.306. The highest BCUT2D eigenvalue weighted by atomic mass is 16.6. The highest BCUT2D eigenvalue weighted by Crippen LogP contribution is 2.18. The molecule has 132 valence electrons. The van der Waals surface area contributed by atoms with Crippen LogP contribution in [0.2, 0.25) is 0 Å². The number of esters is 1. The van der Waals surface area contributed by atoms with Crippen LogP contribution in [0, 0.1) is 13.8 Å². The number of urea groups is 1. The number of imide groups is 1. The number of unbranched alkanes of at least 4 members (excludes halogenated alkanes) is 1. The normalized spacial score (nSPS) is 9.96. The van der Waals surface area contributed by atoms with Gasteiger partial charge in [0, 0.05) is 6.54 Å². The van der Waals surface area contributed by atoms with E-state index in [9.17, 15) is 14.4 Å². The van der Waals surface area contributed by atoms with Crippen LogP contribution in [-0.2, 0) is 14.3 Å². The lowest BCUT2D eigenvalue weighted by Gasteiger charge is -2.10. The van der Waals surface area contributed by atoms with Gasteiger partial charge in [-0.25, -0.2) is 9.59 Å². The summed E-state index contributed by atoms with van der Waals surface area (Å²) >= 11 is 0. The van der Waals surface area contributed by atoms with Crippen molar-refractivity contribution in [2.24, 2.45) is 0 Å². The average molecular weight is 336 g/mol. The SMILES string of the molecule is CCCCNC(=O)NC(=O)COC(=O)COc1ccc(C)cc1C. The minimum Gasteiger partial charge on any atom is -0.482 e. The van der Waals surface area contributed by atoms with Crippen molar-refractivity contribution in [1.82, 2.24) is 10.6 Å². The fraction of sp³-hybridized carbons (Fsp3) is 0.471. The Morgan fingerprint density at radius 2 is 1.88 bits per heavy atom. The molecule has 0 aromatic heterocycles. The maximum absolute atomic E-state index is 11.6. The molecule has 0 fully saturated rings. The van der Waals surface area contributed by atoms with Gasteiger partial charge < -0.3 is 14.8 Å². The standard InChI is InChI=1S/C17H24N2O5/c1-4-5-8-18-17(22)19-15(20)10-24-16(21)11-23-14-7-6-12(2)9-13(14)3/h6-7,9H,4-5,8,10-11H2,1-3H3,(H2,18,19,20,22). The van der Waals surface area contributed by atoms with Gasteiger partial charge in [-0.15, -0.1) is 0 Å². The third-order valence-electron chi connectivity index (χ3n) is 3.11. The first-order valence-corrected chi connectivity index (χ1v) is 7.85. The lowest BCUT2D eigenvalue weighted by molar-refractivity contribution is -0.150. The number of nitrogens with one attached hydrogen (secondary N) is 2. The van der Waals surface area contributed by atoms with Crippen LogP contribution < -0.4 is 15.4 Å². The van der Waals surface area contributed by atoms with Crippen molar-refractivity contribution in [3.8, 4) is 5.75 Å². The number of ether oxygens (including phenoxy) is 2. The van der Waals surface area contributed by atoms with Crippen molar-refractivity contribution in [1.29, 1.82) is 0 Å². The van der Waals surface area contributed by atoms with Crippen LogP contribution >= 0.6 is 0 Å². The smallest absolute Gasteiger partial charge is 0.344 e. The van der Waals surface area contributed by atoms with Gasteiger partial charge in [0.25, 0.3) is 5.91 Å². The van der Waals surface area contributed by atoms with Crippen molar-refractivity contribution >= 4 is 17.9 Å². The highest BCUT2D eigenvalue weighted by Gasteiger charge is 2.11. The Hall–Kier alpha value is -2.57. The van der Waals surface area contributed by atoms with E-state index in [-0.39, 0.29) is 6.61 Å². The van der Waals surface area contributed by atoms with Gasteiger partial charge >= 0.3 is 12.0 Å². The first-order chi connectivity index (χ1) is 11.4. The Morgan fingerprint density at radius 1 is 1.12 bits per heavy atom. The van der Waals surface area contributed by atoms with E-state index in [2.05, 4.69) is 10.6 Å². The van der Waals surface area contributed by atoms with E-state index >= 15 is 0 Å². The zero-order chi connectivity index (χ0) is 17.9. The van der Waals surface area contributed by atoms with E-state index in [1.165, 1.54) is 0 Å². The average Bonchev–Trinajstić information content (AvgIpc) is 2.52. The molecule has 0 aliphatic rings. The highest BCUT2D eigenvalue weighted by molar-refractivity contribution is 5.95.